The minimum atomic E-state index is -0.798. The molecule has 0 amide bonds. The third-order valence-electron chi connectivity index (χ3n) is 2.47. The van der Waals surface area contributed by atoms with E-state index in [-0.39, 0.29) is 0 Å². The van der Waals surface area contributed by atoms with Gasteiger partial charge in [0.1, 0.15) is 6.04 Å². The lowest BCUT2D eigenvalue weighted by Gasteiger charge is -2.16. The Morgan fingerprint density at radius 2 is 1.94 bits per heavy atom. The zero-order valence-corrected chi connectivity index (χ0v) is 10.9. The first kappa shape index (κ1) is 14.0. The van der Waals surface area contributed by atoms with Crippen LogP contribution in [0.1, 0.15) is 25.8 Å². The minimum absolute atomic E-state index is 0.355. The van der Waals surface area contributed by atoms with Gasteiger partial charge in [-0.05, 0) is 30.0 Å². The Morgan fingerprint density at radius 1 is 1.35 bits per heavy atom. The van der Waals surface area contributed by atoms with Crippen molar-refractivity contribution in [2.75, 3.05) is 0 Å². The van der Waals surface area contributed by atoms with Gasteiger partial charge >= 0.3 is 5.97 Å². The third-order valence-corrected chi connectivity index (χ3v) is 2.72. The van der Waals surface area contributed by atoms with Gasteiger partial charge in [-0.3, -0.25) is 4.79 Å². The van der Waals surface area contributed by atoms with Crippen molar-refractivity contribution in [2.24, 2.45) is 5.92 Å². The van der Waals surface area contributed by atoms with Gasteiger partial charge in [0.25, 0.3) is 0 Å². The van der Waals surface area contributed by atoms with Crippen molar-refractivity contribution in [3.63, 3.8) is 0 Å². The first-order chi connectivity index (χ1) is 7.99. The van der Waals surface area contributed by atoms with E-state index in [1.54, 1.807) is 12.1 Å². The zero-order valence-electron chi connectivity index (χ0n) is 10.1. The van der Waals surface area contributed by atoms with Crippen LogP contribution in [0.4, 0.5) is 0 Å². The van der Waals surface area contributed by atoms with Crippen LogP contribution in [0.2, 0.25) is 5.02 Å². The molecule has 94 valence electrons. The van der Waals surface area contributed by atoms with Crippen LogP contribution < -0.4 is 5.32 Å². The van der Waals surface area contributed by atoms with Crippen LogP contribution in [0.15, 0.2) is 24.3 Å². The number of aliphatic carboxylic acids is 1. The van der Waals surface area contributed by atoms with E-state index in [2.05, 4.69) is 5.32 Å². The number of hydrogen-bond acceptors (Lipinski definition) is 2. The average Bonchev–Trinajstić information content (AvgIpc) is 2.25. The van der Waals surface area contributed by atoms with Gasteiger partial charge in [0.05, 0.1) is 0 Å². The molecule has 0 bridgehead atoms. The number of carbonyl (C=O) groups is 1. The highest BCUT2D eigenvalue weighted by atomic mass is 35.5. The summed E-state index contributed by atoms with van der Waals surface area (Å²) in [6.07, 6.45) is 0.628. The van der Waals surface area contributed by atoms with Crippen molar-refractivity contribution in [2.45, 2.75) is 32.9 Å². The summed E-state index contributed by atoms with van der Waals surface area (Å²) >= 11 is 5.78. The summed E-state index contributed by atoms with van der Waals surface area (Å²) in [4.78, 5) is 11.0. The van der Waals surface area contributed by atoms with Crippen molar-refractivity contribution >= 4 is 17.6 Å². The van der Waals surface area contributed by atoms with E-state index in [4.69, 9.17) is 16.7 Å². The van der Waals surface area contributed by atoms with Crippen LogP contribution in [-0.2, 0) is 11.3 Å². The van der Waals surface area contributed by atoms with Crippen LogP contribution in [0.25, 0.3) is 0 Å². The molecule has 17 heavy (non-hydrogen) atoms. The second-order valence-electron chi connectivity index (χ2n) is 4.53. The van der Waals surface area contributed by atoms with Crippen LogP contribution >= 0.6 is 11.6 Å². The van der Waals surface area contributed by atoms with E-state index in [1.807, 2.05) is 26.0 Å². The fourth-order valence-corrected chi connectivity index (χ4v) is 1.71. The van der Waals surface area contributed by atoms with E-state index >= 15 is 0 Å². The van der Waals surface area contributed by atoms with Crippen molar-refractivity contribution in [1.29, 1.82) is 0 Å². The SMILES string of the molecule is CC(C)C[C@H](NCc1ccc(Cl)cc1)C(=O)O. The number of rotatable bonds is 6. The molecule has 1 aromatic carbocycles. The molecule has 0 saturated carbocycles. The Balaban J connectivity index is 2.51. The number of benzene rings is 1. The second-order valence-corrected chi connectivity index (χ2v) is 4.96. The quantitative estimate of drug-likeness (QED) is 0.822. The first-order valence-corrected chi connectivity index (χ1v) is 6.07. The maximum atomic E-state index is 11.0. The summed E-state index contributed by atoms with van der Waals surface area (Å²) in [6, 6.07) is 6.89. The first-order valence-electron chi connectivity index (χ1n) is 5.69. The van der Waals surface area contributed by atoms with Gasteiger partial charge < -0.3 is 10.4 Å². The Hall–Kier alpha value is -1.06. The highest BCUT2D eigenvalue weighted by Crippen LogP contribution is 2.10. The number of carboxylic acid groups (broad SMARTS) is 1. The van der Waals surface area contributed by atoms with Crippen LogP contribution in [0.5, 0.6) is 0 Å². The number of carboxylic acids is 1. The molecule has 1 aromatic rings. The highest BCUT2D eigenvalue weighted by Gasteiger charge is 2.17. The molecule has 3 nitrogen and oxygen atoms in total. The highest BCUT2D eigenvalue weighted by molar-refractivity contribution is 6.30. The lowest BCUT2D eigenvalue weighted by molar-refractivity contribution is -0.140. The minimum Gasteiger partial charge on any atom is -0.480 e. The predicted molar refractivity (Wildman–Crippen MR) is 69.2 cm³/mol. The van der Waals surface area contributed by atoms with Gasteiger partial charge in [-0.25, -0.2) is 0 Å². The summed E-state index contributed by atoms with van der Waals surface area (Å²) in [6.45, 7) is 4.57. The summed E-state index contributed by atoms with van der Waals surface area (Å²) < 4.78 is 0. The largest absolute Gasteiger partial charge is 0.480 e. The van der Waals surface area contributed by atoms with Gasteiger partial charge in [-0.15, -0.1) is 0 Å². The summed E-state index contributed by atoms with van der Waals surface area (Å²) in [5, 5.41) is 12.8. The molecule has 0 heterocycles. The van der Waals surface area contributed by atoms with Gasteiger partial charge in [0.15, 0.2) is 0 Å². The monoisotopic (exact) mass is 255 g/mol. The molecule has 0 aliphatic rings. The van der Waals surface area contributed by atoms with Crippen LogP contribution in [-0.4, -0.2) is 17.1 Å². The smallest absolute Gasteiger partial charge is 0.320 e. The molecule has 0 aliphatic heterocycles. The summed E-state index contributed by atoms with van der Waals surface area (Å²) in [7, 11) is 0. The number of nitrogens with one attached hydrogen (secondary N) is 1. The Kier molecular flexibility index (Phi) is 5.45. The molecule has 0 spiro atoms. The zero-order chi connectivity index (χ0) is 12.8. The molecular weight excluding hydrogens is 238 g/mol. The van der Waals surface area contributed by atoms with E-state index in [0.29, 0.717) is 23.9 Å². The molecule has 1 atom stereocenters. The lowest BCUT2D eigenvalue weighted by Crippen LogP contribution is -2.37. The molecule has 4 heteroatoms. The van der Waals surface area contributed by atoms with Crippen molar-refractivity contribution < 1.29 is 9.90 Å². The van der Waals surface area contributed by atoms with Gasteiger partial charge in [0.2, 0.25) is 0 Å². The average molecular weight is 256 g/mol. The topological polar surface area (TPSA) is 49.3 Å². The molecule has 0 aliphatic carbocycles. The fraction of sp³-hybridized carbons (Fsp3) is 0.462. The Bertz CT molecular complexity index is 362. The lowest BCUT2D eigenvalue weighted by atomic mass is 10.0. The molecule has 0 aromatic heterocycles. The molecule has 0 fully saturated rings. The standard InChI is InChI=1S/C13H18ClNO2/c1-9(2)7-12(13(16)17)15-8-10-3-5-11(14)6-4-10/h3-6,9,12,15H,7-8H2,1-2H3,(H,16,17)/t12-/m0/s1. The normalized spacial score (nSPS) is 12.7. The maximum absolute atomic E-state index is 11.0. The molecule has 0 unspecified atom stereocenters. The summed E-state index contributed by atoms with van der Waals surface area (Å²) in [5.41, 5.74) is 1.03. The van der Waals surface area contributed by atoms with E-state index in [1.165, 1.54) is 0 Å². The fourth-order valence-electron chi connectivity index (χ4n) is 1.59. The van der Waals surface area contributed by atoms with Crippen molar-refractivity contribution in [3.05, 3.63) is 34.9 Å². The Labute approximate surface area is 107 Å². The van der Waals surface area contributed by atoms with E-state index in [0.717, 1.165) is 5.56 Å². The number of halogens is 1. The van der Waals surface area contributed by atoms with Gasteiger partial charge in [-0.1, -0.05) is 37.6 Å². The Morgan fingerprint density at radius 3 is 2.41 bits per heavy atom. The predicted octanol–water partition coefficient (Wildman–Crippen LogP) is 2.93. The summed E-state index contributed by atoms with van der Waals surface area (Å²) in [5.74, 6) is -0.443. The molecular formula is C13H18ClNO2. The van der Waals surface area contributed by atoms with Crippen LogP contribution in [0.3, 0.4) is 0 Å². The molecule has 0 radical (unpaired) electrons. The molecule has 2 N–H and O–H groups in total. The van der Waals surface area contributed by atoms with Crippen molar-refractivity contribution in [3.8, 4) is 0 Å². The van der Waals surface area contributed by atoms with Gasteiger partial charge in [-0.2, -0.15) is 0 Å². The van der Waals surface area contributed by atoms with Crippen LogP contribution in [0, 0.1) is 5.92 Å². The second kappa shape index (κ2) is 6.62. The number of hydrogen-bond donors (Lipinski definition) is 2. The van der Waals surface area contributed by atoms with E-state index in [9.17, 15) is 4.79 Å². The maximum Gasteiger partial charge on any atom is 0.320 e. The van der Waals surface area contributed by atoms with Crippen molar-refractivity contribution in [1.82, 2.24) is 5.32 Å². The van der Waals surface area contributed by atoms with Gasteiger partial charge in [0, 0.05) is 11.6 Å². The molecule has 1 rings (SSSR count). The molecule has 0 saturated heterocycles. The third kappa shape index (κ3) is 5.20. The van der Waals surface area contributed by atoms with E-state index < -0.39 is 12.0 Å².